The zero-order valence-electron chi connectivity index (χ0n) is 16.1. The molecular formula is C19H31IN6O. The van der Waals surface area contributed by atoms with E-state index in [0.29, 0.717) is 12.3 Å². The molecule has 0 unspecified atom stereocenters. The van der Waals surface area contributed by atoms with Crippen molar-refractivity contribution < 1.29 is 4.79 Å². The Hall–Kier alpha value is -1.58. The Kier molecular flexibility index (Phi) is 9.09. The van der Waals surface area contributed by atoms with Crippen molar-refractivity contribution in [1.82, 2.24) is 20.1 Å². The van der Waals surface area contributed by atoms with Gasteiger partial charge in [-0.3, -0.25) is 9.79 Å². The first kappa shape index (κ1) is 21.7. The van der Waals surface area contributed by atoms with E-state index in [4.69, 9.17) is 4.99 Å². The van der Waals surface area contributed by atoms with Crippen LogP contribution in [0.5, 0.6) is 0 Å². The number of nitrogens with one attached hydrogen (secondary N) is 1. The molecule has 2 saturated heterocycles. The number of guanidine groups is 1. The number of hydrogen-bond donors (Lipinski definition) is 1. The van der Waals surface area contributed by atoms with E-state index < -0.39 is 0 Å². The van der Waals surface area contributed by atoms with E-state index in [1.165, 1.54) is 0 Å². The van der Waals surface area contributed by atoms with Gasteiger partial charge in [-0.1, -0.05) is 6.07 Å². The van der Waals surface area contributed by atoms with Crippen LogP contribution in [0.25, 0.3) is 0 Å². The number of amides is 1. The largest absolute Gasteiger partial charge is 0.357 e. The topological polar surface area (TPSA) is 64.1 Å². The Labute approximate surface area is 179 Å². The molecule has 1 amide bonds. The van der Waals surface area contributed by atoms with Crippen LogP contribution in [0.15, 0.2) is 29.4 Å². The van der Waals surface area contributed by atoms with Crippen LogP contribution in [0.3, 0.4) is 0 Å². The maximum absolute atomic E-state index is 11.7. The van der Waals surface area contributed by atoms with Gasteiger partial charge in [0.25, 0.3) is 0 Å². The highest BCUT2D eigenvalue weighted by Gasteiger charge is 2.21. The van der Waals surface area contributed by atoms with E-state index >= 15 is 0 Å². The molecule has 0 bridgehead atoms. The molecule has 1 aromatic rings. The minimum absolute atomic E-state index is 0. The Balaban J connectivity index is 0.00000261. The smallest absolute Gasteiger partial charge is 0.222 e. The van der Waals surface area contributed by atoms with E-state index in [-0.39, 0.29) is 24.0 Å². The summed E-state index contributed by atoms with van der Waals surface area (Å²) in [5, 5.41) is 3.41. The van der Waals surface area contributed by atoms with Gasteiger partial charge in [-0.2, -0.15) is 0 Å². The lowest BCUT2D eigenvalue weighted by atomic mass is 10.3. The number of pyridine rings is 1. The Morgan fingerprint density at radius 1 is 1.22 bits per heavy atom. The first-order valence-electron chi connectivity index (χ1n) is 9.75. The molecule has 1 aromatic heterocycles. The summed E-state index contributed by atoms with van der Waals surface area (Å²) in [4.78, 5) is 27.5. The molecule has 2 aliphatic heterocycles. The summed E-state index contributed by atoms with van der Waals surface area (Å²) >= 11 is 0. The molecule has 3 rings (SSSR count). The highest BCUT2D eigenvalue weighted by Crippen LogP contribution is 2.13. The molecule has 0 aliphatic carbocycles. The van der Waals surface area contributed by atoms with Crippen LogP contribution in [0.4, 0.5) is 5.82 Å². The molecule has 8 heteroatoms. The van der Waals surface area contributed by atoms with Gasteiger partial charge in [-0.05, 0) is 31.9 Å². The molecule has 2 aliphatic rings. The van der Waals surface area contributed by atoms with Crippen molar-refractivity contribution in [2.45, 2.75) is 26.2 Å². The van der Waals surface area contributed by atoms with Crippen molar-refractivity contribution in [3.8, 4) is 0 Å². The van der Waals surface area contributed by atoms with Crippen LogP contribution in [0.2, 0.25) is 0 Å². The summed E-state index contributed by atoms with van der Waals surface area (Å²) in [7, 11) is 0. The van der Waals surface area contributed by atoms with E-state index in [9.17, 15) is 4.79 Å². The summed E-state index contributed by atoms with van der Waals surface area (Å²) in [6, 6.07) is 6.05. The van der Waals surface area contributed by atoms with Crippen molar-refractivity contribution in [1.29, 1.82) is 0 Å². The van der Waals surface area contributed by atoms with Gasteiger partial charge in [0.2, 0.25) is 5.91 Å². The van der Waals surface area contributed by atoms with Gasteiger partial charge in [0.15, 0.2) is 5.96 Å². The molecule has 150 valence electrons. The lowest BCUT2D eigenvalue weighted by Gasteiger charge is -2.37. The fraction of sp³-hybridized carbons (Fsp3) is 0.632. The average molecular weight is 486 g/mol. The number of aliphatic imine (C=N–C) groups is 1. The number of likely N-dealkylation sites (tertiary alicyclic amines) is 1. The van der Waals surface area contributed by atoms with Gasteiger partial charge in [0, 0.05) is 65.0 Å². The quantitative estimate of drug-likeness (QED) is 0.288. The van der Waals surface area contributed by atoms with Gasteiger partial charge in [0.05, 0.1) is 0 Å². The fourth-order valence-electron chi connectivity index (χ4n) is 3.50. The van der Waals surface area contributed by atoms with Crippen LogP contribution in [0.1, 0.15) is 26.2 Å². The van der Waals surface area contributed by atoms with Gasteiger partial charge in [-0.25, -0.2) is 4.98 Å². The molecule has 3 heterocycles. The zero-order valence-corrected chi connectivity index (χ0v) is 18.5. The molecule has 0 spiro atoms. The number of halogens is 1. The number of anilines is 1. The van der Waals surface area contributed by atoms with Gasteiger partial charge >= 0.3 is 0 Å². The summed E-state index contributed by atoms with van der Waals surface area (Å²) in [6.45, 7) is 9.24. The molecule has 0 saturated carbocycles. The molecule has 7 nitrogen and oxygen atoms in total. The van der Waals surface area contributed by atoms with Crippen molar-refractivity contribution >= 4 is 41.7 Å². The molecule has 2 fully saturated rings. The summed E-state index contributed by atoms with van der Waals surface area (Å²) in [6.07, 6.45) is 4.49. The second-order valence-electron chi connectivity index (χ2n) is 6.74. The normalized spacial score (nSPS) is 17.9. The van der Waals surface area contributed by atoms with Crippen molar-refractivity contribution in [3.63, 3.8) is 0 Å². The van der Waals surface area contributed by atoms with Crippen molar-refractivity contribution in [2.75, 3.05) is 57.3 Å². The first-order chi connectivity index (χ1) is 12.8. The summed E-state index contributed by atoms with van der Waals surface area (Å²) in [5.41, 5.74) is 0. The van der Waals surface area contributed by atoms with Crippen molar-refractivity contribution in [3.05, 3.63) is 24.4 Å². The van der Waals surface area contributed by atoms with E-state index in [1.54, 1.807) is 0 Å². The maximum atomic E-state index is 11.7. The number of nitrogens with zero attached hydrogens (tertiary/aromatic N) is 5. The molecule has 0 aromatic carbocycles. The molecule has 27 heavy (non-hydrogen) atoms. The predicted octanol–water partition coefficient (Wildman–Crippen LogP) is 1.80. The second kappa shape index (κ2) is 11.3. The maximum Gasteiger partial charge on any atom is 0.222 e. The molecule has 0 radical (unpaired) electrons. The molecule has 1 N–H and O–H groups in total. The predicted molar refractivity (Wildman–Crippen MR) is 120 cm³/mol. The molecular weight excluding hydrogens is 455 g/mol. The van der Waals surface area contributed by atoms with Crippen LogP contribution in [-0.4, -0.2) is 79.0 Å². The molecule has 0 atom stereocenters. The third-order valence-electron chi connectivity index (χ3n) is 4.91. The van der Waals surface area contributed by atoms with Crippen molar-refractivity contribution in [2.24, 2.45) is 4.99 Å². The van der Waals surface area contributed by atoms with Gasteiger partial charge in [0.1, 0.15) is 5.82 Å². The third kappa shape index (κ3) is 6.22. The van der Waals surface area contributed by atoms with Crippen LogP contribution < -0.4 is 10.2 Å². The SMILES string of the molecule is CCNC(=NCCCN1CCCC1=O)N1CCN(c2ccccn2)CC1.I. The van der Waals surface area contributed by atoms with Crippen LogP contribution in [-0.2, 0) is 4.79 Å². The number of hydrogen-bond acceptors (Lipinski definition) is 4. The van der Waals surface area contributed by atoms with Crippen LogP contribution >= 0.6 is 24.0 Å². The Morgan fingerprint density at radius 3 is 2.67 bits per heavy atom. The second-order valence-corrected chi connectivity index (χ2v) is 6.74. The lowest BCUT2D eigenvalue weighted by molar-refractivity contribution is -0.127. The Bertz CT molecular complexity index is 603. The zero-order chi connectivity index (χ0) is 18.2. The number of piperazine rings is 1. The first-order valence-corrected chi connectivity index (χ1v) is 9.75. The standard InChI is InChI=1S/C19H30N6O.HI/c1-2-20-19(22-10-6-12-24-11-5-8-18(24)26)25-15-13-23(14-16-25)17-7-3-4-9-21-17;/h3-4,7,9H,2,5-6,8,10-16H2,1H3,(H,20,22);1H. The monoisotopic (exact) mass is 486 g/mol. The third-order valence-corrected chi connectivity index (χ3v) is 4.91. The fourth-order valence-corrected chi connectivity index (χ4v) is 3.50. The van der Waals surface area contributed by atoms with Crippen LogP contribution in [0, 0.1) is 0 Å². The highest BCUT2D eigenvalue weighted by atomic mass is 127. The van der Waals surface area contributed by atoms with Gasteiger partial charge < -0.3 is 20.0 Å². The minimum Gasteiger partial charge on any atom is -0.357 e. The average Bonchev–Trinajstić information content (AvgIpc) is 3.10. The summed E-state index contributed by atoms with van der Waals surface area (Å²) in [5.74, 6) is 2.33. The highest BCUT2D eigenvalue weighted by molar-refractivity contribution is 14.0. The number of aromatic nitrogens is 1. The van der Waals surface area contributed by atoms with E-state index in [1.807, 2.05) is 23.2 Å². The Morgan fingerprint density at radius 2 is 2.04 bits per heavy atom. The lowest BCUT2D eigenvalue weighted by Crippen LogP contribution is -2.52. The number of rotatable bonds is 6. The minimum atomic E-state index is 0. The van der Waals surface area contributed by atoms with E-state index in [2.05, 4.69) is 33.1 Å². The number of carbonyl (C=O) groups excluding carboxylic acids is 1. The summed E-state index contributed by atoms with van der Waals surface area (Å²) < 4.78 is 0. The number of carbonyl (C=O) groups is 1. The van der Waals surface area contributed by atoms with E-state index in [0.717, 1.165) is 77.0 Å². The van der Waals surface area contributed by atoms with Gasteiger partial charge in [-0.15, -0.1) is 24.0 Å².